The summed E-state index contributed by atoms with van der Waals surface area (Å²) in [4.78, 5) is 20.3. The maximum Gasteiger partial charge on any atom is 0.434 e. The molecule has 76 valence electrons. The average molecular weight is 200 g/mol. The van der Waals surface area contributed by atoms with Gasteiger partial charge < -0.3 is 9.15 Å². The lowest BCUT2D eigenvalue weighted by molar-refractivity contribution is -0.401. The van der Waals surface area contributed by atoms with Gasteiger partial charge in [0.1, 0.15) is 4.92 Å². The molecule has 0 aliphatic heterocycles. The highest BCUT2D eigenvalue weighted by Crippen LogP contribution is 2.19. The Kier molecular flexibility index (Phi) is 3.05. The lowest BCUT2D eigenvalue weighted by Crippen LogP contribution is -2.12. The van der Waals surface area contributed by atoms with Gasteiger partial charge in [-0.15, -0.1) is 0 Å². The number of carbonyl (C=O) groups is 1. The molecular weight excluding hydrogens is 192 g/mol. The Labute approximate surface area is 78.8 Å². The maximum atomic E-state index is 10.8. The summed E-state index contributed by atoms with van der Waals surface area (Å²) < 4.78 is 9.19. The lowest BCUT2D eigenvalue weighted by atomic mass is 10.6. The highest BCUT2D eigenvalue weighted by Gasteiger charge is 2.13. The molecule has 1 heterocycles. The first-order valence-corrected chi connectivity index (χ1v) is 3.81. The number of carbonyl (C=O) groups excluding carboxylic acids is 1. The molecule has 0 aliphatic rings. The molecule has 14 heavy (non-hydrogen) atoms. The van der Waals surface area contributed by atoms with Crippen molar-refractivity contribution in [2.75, 3.05) is 11.9 Å². The number of amides is 1. The molecule has 0 aromatic carbocycles. The number of nitrogens with zero attached hydrogens (tertiary/aromatic N) is 1. The normalized spacial score (nSPS) is 9.50. The van der Waals surface area contributed by atoms with Crippen LogP contribution in [-0.2, 0) is 4.74 Å². The molecule has 0 spiro atoms. The predicted molar refractivity (Wildman–Crippen MR) is 46.0 cm³/mol. The van der Waals surface area contributed by atoms with Crippen molar-refractivity contribution in [2.45, 2.75) is 6.92 Å². The fourth-order valence-electron chi connectivity index (χ4n) is 0.761. The van der Waals surface area contributed by atoms with E-state index in [0.717, 1.165) is 6.07 Å². The van der Waals surface area contributed by atoms with Crippen molar-refractivity contribution in [2.24, 2.45) is 0 Å². The zero-order chi connectivity index (χ0) is 10.6. The van der Waals surface area contributed by atoms with Gasteiger partial charge in [-0.05, 0) is 6.92 Å². The summed E-state index contributed by atoms with van der Waals surface area (Å²) in [6, 6.07) is 2.41. The van der Waals surface area contributed by atoms with Crippen LogP contribution in [0.1, 0.15) is 6.92 Å². The first kappa shape index (κ1) is 10.0. The van der Waals surface area contributed by atoms with E-state index >= 15 is 0 Å². The third kappa shape index (κ3) is 2.47. The molecule has 0 unspecified atom stereocenters. The van der Waals surface area contributed by atoms with Crippen molar-refractivity contribution in [3.05, 3.63) is 22.2 Å². The van der Waals surface area contributed by atoms with E-state index in [9.17, 15) is 14.9 Å². The number of hydrogen-bond acceptors (Lipinski definition) is 5. The molecule has 1 aromatic rings. The Morgan fingerprint density at radius 2 is 2.43 bits per heavy atom. The Bertz CT molecular complexity index is 346. The van der Waals surface area contributed by atoms with Crippen LogP contribution in [0.15, 0.2) is 16.5 Å². The van der Waals surface area contributed by atoms with E-state index in [1.165, 1.54) is 6.07 Å². The monoisotopic (exact) mass is 200 g/mol. The molecule has 0 radical (unpaired) electrons. The summed E-state index contributed by atoms with van der Waals surface area (Å²) in [6.45, 7) is 1.86. The quantitative estimate of drug-likeness (QED) is 0.592. The van der Waals surface area contributed by atoms with E-state index in [0.29, 0.717) is 0 Å². The van der Waals surface area contributed by atoms with Crippen LogP contribution in [-0.4, -0.2) is 17.6 Å². The molecule has 7 nitrogen and oxygen atoms in total. The molecule has 0 fully saturated rings. The summed E-state index contributed by atoms with van der Waals surface area (Å²) in [5.41, 5.74) is 0. The fraction of sp³-hybridized carbons (Fsp3) is 0.286. The molecule has 1 N–H and O–H groups in total. The van der Waals surface area contributed by atoms with Crippen molar-refractivity contribution in [1.29, 1.82) is 0 Å². The third-order valence-corrected chi connectivity index (χ3v) is 1.27. The summed E-state index contributed by atoms with van der Waals surface area (Å²) in [6.07, 6.45) is -0.711. The van der Waals surface area contributed by atoms with Gasteiger partial charge in [0.2, 0.25) is 5.88 Å². The number of ether oxygens (including phenoxy) is 1. The average Bonchev–Trinajstić information content (AvgIpc) is 2.53. The van der Waals surface area contributed by atoms with Crippen molar-refractivity contribution in [1.82, 2.24) is 0 Å². The Morgan fingerprint density at radius 3 is 2.93 bits per heavy atom. The van der Waals surface area contributed by atoms with E-state index < -0.39 is 16.9 Å². The Hall–Kier alpha value is -2.05. The Morgan fingerprint density at radius 1 is 1.71 bits per heavy atom. The fourth-order valence-corrected chi connectivity index (χ4v) is 0.761. The van der Waals surface area contributed by atoms with Gasteiger partial charge in [-0.25, -0.2) is 4.79 Å². The van der Waals surface area contributed by atoms with Crippen LogP contribution < -0.4 is 5.32 Å². The molecule has 0 bridgehead atoms. The van der Waals surface area contributed by atoms with E-state index in [1.54, 1.807) is 6.92 Å². The van der Waals surface area contributed by atoms with Gasteiger partial charge in [0, 0.05) is 6.07 Å². The highest BCUT2D eigenvalue weighted by molar-refractivity contribution is 5.82. The molecule has 1 amide bonds. The van der Waals surface area contributed by atoms with E-state index in [-0.39, 0.29) is 12.5 Å². The van der Waals surface area contributed by atoms with Gasteiger partial charge in [-0.2, -0.15) is 0 Å². The second-order valence-corrected chi connectivity index (χ2v) is 2.24. The maximum absolute atomic E-state index is 10.8. The number of nitrogens with one attached hydrogen (secondary N) is 1. The topological polar surface area (TPSA) is 94.6 Å². The second kappa shape index (κ2) is 4.26. The number of hydrogen-bond donors (Lipinski definition) is 1. The zero-order valence-corrected chi connectivity index (χ0v) is 7.35. The molecule has 0 saturated heterocycles. The van der Waals surface area contributed by atoms with E-state index in [4.69, 9.17) is 0 Å². The largest absolute Gasteiger partial charge is 0.450 e. The first-order valence-electron chi connectivity index (χ1n) is 3.81. The molecule has 0 saturated carbocycles. The summed E-state index contributed by atoms with van der Waals surface area (Å²) in [7, 11) is 0. The van der Waals surface area contributed by atoms with E-state index in [2.05, 4.69) is 14.5 Å². The smallest absolute Gasteiger partial charge is 0.434 e. The van der Waals surface area contributed by atoms with Gasteiger partial charge in [-0.3, -0.25) is 15.4 Å². The first-order chi connectivity index (χ1) is 6.63. The number of anilines is 1. The Balaban J connectivity index is 2.59. The van der Waals surface area contributed by atoms with Crippen LogP contribution in [0.5, 0.6) is 0 Å². The van der Waals surface area contributed by atoms with Crippen LogP contribution in [0.2, 0.25) is 0 Å². The van der Waals surface area contributed by atoms with Crippen molar-refractivity contribution < 1.29 is 18.9 Å². The molecule has 0 atom stereocenters. The van der Waals surface area contributed by atoms with Gasteiger partial charge in [0.25, 0.3) is 0 Å². The minimum Gasteiger partial charge on any atom is -0.450 e. The van der Waals surface area contributed by atoms with Crippen LogP contribution in [0.25, 0.3) is 0 Å². The summed E-state index contributed by atoms with van der Waals surface area (Å²) in [5.74, 6) is -0.452. The summed E-state index contributed by atoms with van der Waals surface area (Å²) in [5, 5.41) is 12.4. The summed E-state index contributed by atoms with van der Waals surface area (Å²) >= 11 is 0. The SMILES string of the molecule is CCOC(=O)Nc1ccc([N+](=O)[O-])o1. The van der Waals surface area contributed by atoms with Crippen molar-refractivity contribution in [3.63, 3.8) is 0 Å². The van der Waals surface area contributed by atoms with Crippen LogP contribution in [0.4, 0.5) is 16.6 Å². The molecule has 0 aliphatic carbocycles. The van der Waals surface area contributed by atoms with Crippen LogP contribution in [0.3, 0.4) is 0 Å². The second-order valence-electron chi connectivity index (χ2n) is 2.24. The third-order valence-electron chi connectivity index (χ3n) is 1.27. The molecule has 1 aromatic heterocycles. The number of rotatable bonds is 3. The minimum atomic E-state index is -0.711. The van der Waals surface area contributed by atoms with Gasteiger partial charge in [0.15, 0.2) is 0 Å². The van der Waals surface area contributed by atoms with Gasteiger partial charge in [-0.1, -0.05) is 0 Å². The molecule has 1 rings (SSSR count). The van der Waals surface area contributed by atoms with Crippen molar-refractivity contribution >= 4 is 17.9 Å². The minimum absolute atomic E-state index is 0.0184. The van der Waals surface area contributed by atoms with Crippen LogP contribution >= 0.6 is 0 Å². The van der Waals surface area contributed by atoms with Gasteiger partial charge in [0.05, 0.1) is 12.7 Å². The lowest BCUT2D eigenvalue weighted by Gasteiger charge is -1.99. The standard InChI is InChI=1S/C7H8N2O5/c1-2-13-7(10)8-5-3-4-6(14-5)9(11)12/h3-4H,2H2,1H3,(H,8,10). The van der Waals surface area contributed by atoms with Gasteiger partial charge >= 0.3 is 12.0 Å². The molecule has 7 heteroatoms. The number of nitro groups is 1. The van der Waals surface area contributed by atoms with Crippen LogP contribution in [0, 0.1) is 10.1 Å². The zero-order valence-electron chi connectivity index (χ0n) is 7.35. The number of furan rings is 1. The van der Waals surface area contributed by atoms with E-state index in [1.807, 2.05) is 0 Å². The molecular formula is C7H8N2O5. The highest BCUT2D eigenvalue weighted by atomic mass is 16.6. The van der Waals surface area contributed by atoms with Crippen molar-refractivity contribution in [3.8, 4) is 0 Å². The predicted octanol–water partition coefficient (Wildman–Crippen LogP) is 1.76.